The smallest absolute Gasteiger partial charge is 0.162 e. The lowest BCUT2D eigenvalue weighted by molar-refractivity contribution is -0.126. The predicted molar refractivity (Wildman–Crippen MR) is 134 cm³/mol. The molecule has 2 aliphatic rings. The maximum atomic E-state index is 12.7. The standard InChI is InChI=1S/C30H33NO3/c1-2-9-25-17-26(32)18-28-27-19-30(34-21-23-12-7-4-8-13-23)29(16-24(27)14-15-31(25)28)33-20-22-10-5-3-6-11-22/h3-8,10-13,16,19,25,28H,2,9,14-15,17-18,20-21H2,1H3/t25-,28+/m1/s1. The lowest BCUT2D eigenvalue weighted by Gasteiger charge is -2.45. The van der Waals surface area contributed by atoms with Crippen LogP contribution in [-0.2, 0) is 24.4 Å². The van der Waals surface area contributed by atoms with Crippen LogP contribution in [0.15, 0.2) is 72.8 Å². The zero-order chi connectivity index (χ0) is 23.3. The normalized spacial score (nSPS) is 19.9. The number of nitrogens with zero attached hydrogens (tertiary/aromatic N) is 1. The topological polar surface area (TPSA) is 38.8 Å². The van der Waals surface area contributed by atoms with E-state index in [1.807, 2.05) is 36.4 Å². The van der Waals surface area contributed by atoms with Crippen molar-refractivity contribution in [3.05, 3.63) is 95.1 Å². The Kier molecular flexibility index (Phi) is 6.96. The fourth-order valence-corrected chi connectivity index (χ4v) is 5.37. The number of ether oxygens (including phenoxy) is 2. The maximum absolute atomic E-state index is 12.7. The molecule has 0 amide bonds. The number of piperidine rings is 1. The van der Waals surface area contributed by atoms with E-state index in [9.17, 15) is 4.79 Å². The van der Waals surface area contributed by atoms with Gasteiger partial charge in [-0.1, -0.05) is 74.0 Å². The summed E-state index contributed by atoms with van der Waals surface area (Å²) in [7, 11) is 0. The van der Waals surface area contributed by atoms with Gasteiger partial charge in [0.1, 0.15) is 19.0 Å². The molecule has 2 heterocycles. The van der Waals surface area contributed by atoms with Crippen molar-refractivity contribution in [3.63, 3.8) is 0 Å². The molecule has 176 valence electrons. The molecule has 0 radical (unpaired) electrons. The molecular weight excluding hydrogens is 422 g/mol. The quantitative estimate of drug-likeness (QED) is 0.401. The number of Topliss-reactive ketones (excluding diaryl/α,β-unsaturated/α-hetero) is 1. The summed E-state index contributed by atoms with van der Waals surface area (Å²) >= 11 is 0. The van der Waals surface area contributed by atoms with Crippen molar-refractivity contribution in [3.8, 4) is 11.5 Å². The highest BCUT2D eigenvalue weighted by atomic mass is 16.5. The van der Waals surface area contributed by atoms with Gasteiger partial charge in [-0.3, -0.25) is 9.69 Å². The van der Waals surface area contributed by atoms with Crippen LogP contribution in [0, 0.1) is 0 Å². The molecule has 0 aromatic heterocycles. The highest BCUT2D eigenvalue weighted by molar-refractivity contribution is 5.81. The third-order valence-corrected chi connectivity index (χ3v) is 7.05. The highest BCUT2D eigenvalue weighted by Crippen LogP contribution is 2.43. The van der Waals surface area contributed by atoms with Gasteiger partial charge in [-0.15, -0.1) is 0 Å². The van der Waals surface area contributed by atoms with Crippen LogP contribution in [0.25, 0.3) is 0 Å². The number of benzene rings is 3. The average molecular weight is 456 g/mol. The molecule has 4 nitrogen and oxygen atoms in total. The van der Waals surface area contributed by atoms with Crippen LogP contribution in [0.5, 0.6) is 11.5 Å². The Hall–Kier alpha value is -3.11. The van der Waals surface area contributed by atoms with Gasteiger partial charge >= 0.3 is 0 Å². The molecule has 0 spiro atoms. The van der Waals surface area contributed by atoms with E-state index in [2.05, 4.69) is 48.2 Å². The molecule has 0 N–H and O–H groups in total. The first-order chi connectivity index (χ1) is 16.7. The SMILES string of the molecule is CCC[C@@H]1CC(=O)C[C@H]2c3cc(OCc4ccccc4)c(OCc4ccccc4)cc3CCN12. The number of fused-ring (bicyclic) bond motifs is 3. The molecule has 34 heavy (non-hydrogen) atoms. The minimum absolute atomic E-state index is 0.142. The molecule has 0 unspecified atom stereocenters. The number of hydrogen-bond acceptors (Lipinski definition) is 4. The number of ketones is 1. The van der Waals surface area contributed by atoms with E-state index < -0.39 is 0 Å². The van der Waals surface area contributed by atoms with Gasteiger partial charge < -0.3 is 9.47 Å². The largest absolute Gasteiger partial charge is 0.485 e. The molecule has 1 saturated heterocycles. The third kappa shape index (κ3) is 5.02. The summed E-state index contributed by atoms with van der Waals surface area (Å²) in [6.45, 7) is 4.18. The summed E-state index contributed by atoms with van der Waals surface area (Å²) in [6.07, 6.45) is 4.44. The fraction of sp³-hybridized carbons (Fsp3) is 0.367. The lowest BCUT2D eigenvalue weighted by Crippen LogP contribution is -2.48. The van der Waals surface area contributed by atoms with E-state index in [-0.39, 0.29) is 6.04 Å². The molecule has 4 heteroatoms. The number of rotatable bonds is 8. The molecule has 1 fully saturated rings. The zero-order valence-electron chi connectivity index (χ0n) is 19.9. The first kappa shape index (κ1) is 22.7. The second kappa shape index (κ2) is 10.4. The van der Waals surface area contributed by atoms with Crippen molar-refractivity contribution in [1.82, 2.24) is 4.90 Å². The number of carbonyl (C=O) groups excluding carboxylic acids is 1. The first-order valence-electron chi connectivity index (χ1n) is 12.5. The average Bonchev–Trinajstić information content (AvgIpc) is 2.87. The van der Waals surface area contributed by atoms with Crippen LogP contribution in [0.2, 0.25) is 0 Å². The Morgan fingerprint density at radius 3 is 2.09 bits per heavy atom. The van der Waals surface area contributed by atoms with Crippen molar-refractivity contribution < 1.29 is 14.3 Å². The Morgan fingerprint density at radius 2 is 1.47 bits per heavy atom. The monoisotopic (exact) mass is 455 g/mol. The van der Waals surface area contributed by atoms with E-state index in [0.29, 0.717) is 37.9 Å². The Balaban J connectivity index is 1.45. The van der Waals surface area contributed by atoms with Gasteiger partial charge in [-0.05, 0) is 47.2 Å². The molecule has 2 aliphatic heterocycles. The second-order valence-electron chi connectivity index (χ2n) is 9.44. The van der Waals surface area contributed by atoms with Crippen molar-refractivity contribution in [2.24, 2.45) is 0 Å². The molecule has 3 aromatic rings. The highest BCUT2D eigenvalue weighted by Gasteiger charge is 2.38. The van der Waals surface area contributed by atoms with Crippen molar-refractivity contribution in [2.75, 3.05) is 6.54 Å². The molecule has 5 rings (SSSR count). The van der Waals surface area contributed by atoms with Crippen molar-refractivity contribution in [2.45, 2.75) is 64.3 Å². The summed E-state index contributed by atoms with van der Waals surface area (Å²) in [5.74, 6) is 1.91. The maximum Gasteiger partial charge on any atom is 0.162 e. The van der Waals surface area contributed by atoms with Gasteiger partial charge in [0, 0.05) is 31.5 Å². The van der Waals surface area contributed by atoms with Gasteiger partial charge in [0.05, 0.1) is 0 Å². The fourth-order valence-electron chi connectivity index (χ4n) is 5.37. The van der Waals surface area contributed by atoms with Gasteiger partial charge in [0.25, 0.3) is 0 Å². The molecule has 2 atom stereocenters. The molecule has 0 aliphatic carbocycles. The summed E-state index contributed by atoms with van der Waals surface area (Å²) < 4.78 is 12.6. The van der Waals surface area contributed by atoms with E-state index in [1.165, 1.54) is 11.1 Å². The Bertz CT molecular complexity index is 1110. The minimum atomic E-state index is 0.142. The van der Waals surface area contributed by atoms with Gasteiger partial charge in [-0.25, -0.2) is 0 Å². The summed E-state index contributed by atoms with van der Waals surface area (Å²) in [4.78, 5) is 15.2. The second-order valence-corrected chi connectivity index (χ2v) is 9.44. The van der Waals surface area contributed by atoms with Crippen LogP contribution in [-0.4, -0.2) is 23.3 Å². The molecule has 0 bridgehead atoms. The molecule has 0 saturated carbocycles. The summed E-state index contributed by atoms with van der Waals surface area (Å²) in [5, 5.41) is 0. The Morgan fingerprint density at radius 1 is 0.853 bits per heavy atom. The Labute approximate surface area is 202 Å². The summed E-state index contributed by atoms with van der Waals surface area (Å²) in [5.41, 5.74) is 4.75. The van der Waals surface area contributed by atoms with E-state index in [1.54, 1.807) is 0 Å². The van der Waals surface area contributed by atoms with Crippen LogP contribution in [0.4, 0.5) is 0 Å². The van der Waals surface area contributed by atoms with Crippen LogP contribution < -0.4 is 9.47 Å². The third-order valence-electron chi connectivity index (χ3n) is 7.05. The van der Waals surface area contributed by atoms with Gasteiger partial charge in [0.2, 0.25) is 0 Å². The van der Waals surface area contributed by atoms with E-state index in [0.717, 1.165) is 48.4 Å². The van der Waals surface area contributed by atoms with E-state index >= 15 is 0 Å². The zero-order valence-corrected chi connectivity index (χ0v) is 19.9. The van der Waals surface area contributed by atoms with Crippen LogP contribution in [0.1, 0.15) is 60.9 Å². The van der Waals surface area contributed by atoms with Gasteiger partial charge in [-0.2, -0.15) is 0 Å². The predicted octanol–water partition coefficient (Wildman–Crippen LogP) is 6.28. The van der Waals surface area contributed by atoms with Crippen molar-refractivity contribution in [1.29, 1.82) is 0 Å². The number of hydrogen-bond donors (Lipinski definition) is 0. The van der Waals surface area contributed by atoms with Crippen LogP contribution >= 0.6 is 0 Å². The number of carbonyl (C=O) groups is 1. The van der Waals surface area contributed by atoms with Gasteiger partial charge in [0.15, 0.2) is 11.5 Å². The first-order valence-corrected chi connectivity index (χ1v) is 12.5. The lowest BCUT2D eigenvalue weighted by atomic mass is 9.82. The minimum Gasteiger partial charge on any atom is -0.485 e. The van der Waals surface area contributed by atoms with E-state index in [4.69, 9.17) is 9.47 Å². The van der Waals surface area contributed by atoms with Crippen molar-refractivity contribution >= 4 is 5.78 Å². The van der Waals surface area contributed by atoms with Crippen LogP contribution in [0.3, 0.4) is 0 Å². The molecular formula is C30H33NO3. The molecule has 3 aromatic carbocycles. The summed E-state index contributed by atoms with van der Waals surface area (Å²) in [6, 6.07) is 25.2.